The quantitative estimate of drug-likeness (QED) is 0.560. The van der Waals surface area contributed by atoms with Gasteiger partial charge in [-0.2, -0.15) is 5.10 Å². The van der Waals surface area contributed by atoms with Gasteiger partial charge in [-0.05, 0) is 28.5 Å². The molecule has 7 heteroatoms. The highest BCUT2D eigenvalue weighted by molar-refractivity contribution is 5.90. The number of hydrogen-bond acceptors (Lipinski definition) is 4. The van der Waals surface area contributed by atoms with Gasteiger partial charge in [0.2, 0.25) is 5.91 Å². The first-order valence-corrected chi connectivity index (χ1v) is 9.02. The Morgan fingerprint density at radius 2 is 1.86 bits per heavy atom. The van der Waals surface area contributed by atoms with Crippen LogP contribution in [-0.4, -0.2) is 32.0 Å². The van der Waals surface area contributed by atoms with Gasteiger partial charge < -0.3 is 5.32 Å². The average Bonchev–Trinajstić information content (AvgIpc) is 3.24. The Kier molecular flexibility index (Phi) is 4.97. The van der Waals surface area contributed by atoms with E-state index >= 15 is 0 Å². The van der Waals surface area contributed by atoms with Crippen LogP contribution in [0.15, 0.2) is 77.9 Å². The summed E-state index contributed by atoms with van der Waals surface area (Å²) in [5.41, 5.74) is 0.755. The molecule has 0 saturated heterocycles. The second-order valence-electron chi connectivity index (χ2n) is 6.37. The van der Waals surface area contributed by atoms with Gasteiger partial charge in [0.05, 0.1) is 13.0 Å². The summed E-state index contributed by atoms with van der Waals surface area (Å²) in [4.78, 5) is 24.4. The fourth-order valence-corrected chi connectivity index (χ4v) is 3.11. The van der Waals surface area contributed by atoms with Crippen LogP contribution in [0.1, 0.15) is 5.56 Å². The lowest BCUT2D eigenvalue weighted by atomic mass is 10.0. The first-order chi connectivity index (χ1) is 13.7. The Hall–Kier alpha value is -3.74. The summed E-state index contributed by atoms with van der Waals surface area (Å²) in [5.74, 6) is 0.458. The van der Waals surface area contributed by atoms with E-state index in [1.54, 1.807) is 29.2 Å². The minimum Gasteiger partial charge on any atom is -0.354 e. The Morgan fingerprint density at radius 1 is 1.00 bits per heavy atom. The zero-order valence-corrected chi connectivity index (χ0v) is 15.2. The van der Waals surface area contributed by atoms with Gasteiger partial charge >= 0.3 is 0 Å². The average molecular weight is 373 g/mol. The second kappa shape index (κ2) is 7.87. The van der Waals surface area contributed by atoms with Crippen LogP contribution >= 0.6 is 0 Å². The van der Waals surface area contributed by atoms with Gasteiger partial charge in [0, 0.05) is 25.0 Å². The number of nitrogens with one attached hydrogen (secondary N) is 1. The largest absolute Gasteiger partial charge is 0.354 e. The van der Waals surface area contributed by atoms with E-state index in [1.165, 1.54) is 10.7 Å². The van der Waals surface area contributed by atoms with Gasteiger partial charge in [-0.25, -0.2) is 9.36 Å². The molecule has 1 N–H and O–H groups in total. The maximum absolute atomic E-state index is 12.4. The molecule has 0 aliphatic rings. The van der Waals surface area contributed by atoms with Crippen molar-refractivity contribution in [1.82, 2.24) is 24.9 Å². The Balaban J connectivity index is 1.39. The smallest absolute Gasteiger partial charge is 0.266 e. The zero-order valence-electron chi connectivity index (χ0n) is 15.2. The molecule has 0 saturated carbocycles. The SMILES string of the molecule is O=C(Cc1cccc2ccccc12)NCCn1nc(-n2cccn2)ccc1=O. The molecule has 2 aromatic heterocycles. The second-order valence-corrected chi connectivity index (χ2v) is 6.37. The van der Waals surface area contributed by atoms with E-state index in [9.17, 15) is 9.59 Å². The van der Waals surface area contributed by atoms with Crippen LogP contribution in [0.5, 0.6) is 0 Å². The van der Waals surface area contributed by atoms with Crippen molar-refractivity contribution in [2.75, 3.05) is 6.54 Å². The van der Waals surface area contributed by atoms with Crippen LogP contribution in [0.25, 0.3) is 16.6 Å². The lowest BCUT2D eigenvalue weighted by Gasteiger charge is -2.09. The number of benzene rings is 2. The molecule has 0 radical (unpaired) electrons. The van der Waals surface area contributed by atoms with Crippen LogP contribution in [0.2, 0.25) is 0 Å². The topological polar surface area (TPSA) is 81.8 Å². The third-order valence-electron chi connectivity index (χ3n) is 4.47. The van der Waals surface area contributed by atoms with Crippen molar-refractivity contribution >= 4 is 16.7 Å². The van der Waals surface area contributed by atoms with E-state index < -0.39 is 0 Å². The van der Waals surface area contributed by atoms with E-state index in [0.717, 1.165) is 16.3 Å². The summed E-state index contributed by atoms with van der Waals surface area (Å²) in [6, 6.07) is 18.8. The maximum Gasteiger partial charge on any atom is 0.266 e. The summed E-state index contributed by atoms with van der Waals surface area (Å²) in [5, 5.41) is 13.4. The molecular formula is C21H19N5O2. The van der Waals surface area contributed by atoms with E-state index in [1.807, 2.05) is 42.5 Å². The standard InChI is InChI=1S/C21H19N5O2/c27-20(15-17-7-3-6-16-5-1-2-8-18(16)17)22-12-14-26-21(28)10-9-19(24-26)25-13-4-11-23-25/h1-11,13H,12,14-15H2,(H,22,27). The zero-order chi connectivity index (χ0) is 19.3. The number of carbonyl (C=O) groups is 1. The molecule has 0 spiro atoms. The lowest BCUT2D eigenvalue weighted by molar-refractivity contribution is -0.120. The molecule has 0 bridgehead atoms. The Bertz CT molecular complexity index is 1160. The van der Waals surface area contributed by atoms with E-state index in [-0.39, 0.29) is 24.4 Å². The van der Waals surface area contributed by atoms with Crippen molar-refractivity contribution in [1.29, 1.82) is 0 Å². The maximum atomic E-state index is 12.4. The Labute approximate surface area is 161 Å². The van der Waals surface area contributed by atoms with Crippen molar-refractivity contribution in [3.8, 4) is 5.82 Å². The first kappa shape index (κ1) is 17.7. The molecule has 2 heterocycles. The molecule has 0 atom stereocenters. The van der Waals surface area contributed by atoms with E-state index in [2.05, 4.69) is 15.5 Å². The molecule has 2 aromatic carbocycles. The van der Waals surface area contributed by atoms with Crippen molar-refractivity contribution in [3.63, 3.8) is 0 Å². The molecule has 0 aliphatic heterocycles. The van der Waals surface area contributed by atoms with Crippen molar-refractivity contribution in [2.24, 2.45) is 0 Å². The third kappa shape index (κ3) is 3.83. The number of hydrogen-bond donors (Lipinski definition) is 1. The fourth-order valence-electron chi connectivity index (χ4n) is 3.11. The third-order valence-corrected chi connectivity index (χ3v) is 4.47. The molecular weight excluding hydrogens is 354 g/mol. The number of fused-ring (bicyclic) bond motifs is 1. The highest BCUT2D eigenvalue weighted by atomic mass is 16.1. The van der Waals surface area contributed by atoms with Crippen molar-refractivity contribution < 1.29 is 4.79 Å². The van der Waals surface area contributed by atoms with Crippen LogP contribution in [0, 0.1) is 0 Å². The molecule has 4 rings (SSSR count). The highest BCUT2D eigenvalue weighted by Crippen LogP contribution is 2.18. The predicted octanol–water partition coefficient (Wildman–Crippen LogP) is 1.94. The number of aromatic nitrogens is 4. The number of rotatable bonds is 6. The molecule has 140 valence electrons. The normalized spacial score (nSPS) is 10.9. The predicted molar refractivity (Wildman–Crippen MR) is 106 cm³/mol. The number of carbonyl (C=O) groups excluding carboxylic acids is 1. The fraction of sp³-hybridized carbons (Fsp3) is 0.143. The molecule has 1 amide bonds. The van der Waals surface area contributed by atoms with Gasteiger partial charge in [0.15, 0.2) is 5.82 Å². The van der Waals surface area contributed by atoms with Crippen LogP contribution < -0.4 is 10.9 Å². The highest BCUT2D eigenvalue weighted by Gasteiger charge is 2.08. The van der Waals surface area contributed by atoms with Crippen LogP contribution in [0.4, 0.5) is 0 Å². The lowest BCUT2D eigenvalue weighted by Crippen LogP contribution is -2.33. The summed E-state index contributed by atoms with van der Waals surface area (Å²) in [7, 11) is 0. The minimum atomic E-state index is -0.223. The van der Waals surface area contributed by atoms with Crippen molar-refractivity contribution in [3.05, 3.63) is 89.0 Å². The Morgan fingerprint density at radius 3 is 2.71 bits per heavy atom. The summed E-state index contributed by atoms with van der Waals surface area (Å²) >= 11 is 0. The van der Waals surface area contributed by atoms with Crippen LogP contribution in [-0.2, 0) is 17.8 Å². The summed E-state index contributed by atoms with van der Waals surface area (Å²) in [6.07, 6.45) is 3.69. The summed E-state index contributed by atoms with van der Waals surface area (Å²) < 4.78 is 2.91. The van der Waals surface area contributed by atoms with Crippen molar-refractivity contribution in [2.45, 2.75) is 13.0 Å². The van der Waals surface area contributed by atoms with E-state index in [4.69, 9.17) is 0 Å². The molecule has 0 aliphatic carbocycles. The molecule has 7 nitrogen and oxygen atoms in total. The monoisotopic (exact) mass is 373 g/mol. The van der Waals surface area contributed by atoms with Crippen LogP contribution in [0.3, 0.4) is 0 Å². The van der Waals surface area contributed by atoms with Gasteiger partial charge in [-0.3, -0.25) is 9.59 Å². The molecule has 0 unspecified atom stereocenters. The van der Waals surface area contributed by atoms with Gasteiger partial charge in [-0.15, -0.1) is 5.10 Å². The minimum absolute atomic E-state index is 0.0902. The number of amides is 1. The van der Waals surface area contributed by atoms with Gasteiger partial charge in [0.25, 0.3) is 5.56 Å². The molecule has 0 fully saturated rings. The van der Waals surface area contributed by atoms with Gasteiger partial charge in [-0.1, -0.05) is 42.5 Å². The number of nitrogens with zero attached hydrogens (tertiary/aromatic N) is 4. The molecule has 28 heavy (non-hydrogen) atoms. The molecule has 4 aromatic rings. The first-order valence-electron chi connectivity index (χ1n) is 9.02. The van der Waals surface area contributed by atoms with E-state index in [0.29, 0.717) is 12.4 Å². The summed E-state index contributed by atoms with van der Waals surface area (Å²) in [6.45, 7) is 0.605. The van der Waals surface area contributed by atoms with Gasteiger partial charge in [0.1, 0.15) is 0 Å².